The van der Waals surface area contributed by atoms with Crippen LogP contribution in [0.5, 0.6) is 0 Å². The van der Waals surface area contributed by atoms with Gasteiger partial charge < -0.3 is 0 Å². The lowest BCUT2D eigenvalue weighted by Crippen LogP contribution is -1.72. The zero-order valence-corrected chi connectivity index (χ0v) is 10.8. The predicted octanol–water partition coefficient (Wildman–Crippen LogP) is 6.06. The zero-order valence-electron chi connectivity index (χ0n) is 8.57. The Kier molecular flexibility index (Phi) is 4.00. The quantitative estimate of drug-likeness (QED) is 0.473. The monoisotopic (exact) mass is 284 g/mol. The summed E-state index contributed by atoms with van der Waals surface area (Å²) in [6.07, 6.45) is 0. The van der Waals surface area contributed by atoms with Gasteiger partial charge in [-0.3, -0.25) is 0 Å². The molecule has 0 aliphatic rings. The minimum Gasteiger partial charge on any atom is -0.151 e. The highest BCUT2D eigenvalue weighted by Gasteiger charge is 2.07. The van der Waals surface area contributed by atoms with Crippen molar-refractivity contribution in [3.8, 4) is 0 Å². The fourth-order valence-corrected chi connectivity index (χ4v) is 1.77. The van der Waals surface area contributed by atoms with Crippen LogP contribution in [0.1, 0.15) is 0 Å². The van der Waals surface area contributed by atoms with Gasteiger partial charge in [-0.15, -0.1) is 5.11 Å². The summed E-state index contributed by atoms with van der Waals surface area (Å²) < 4.78 is 0. The summed E-state index contributed by atoms with van der Waals surface area (Å²) in [7, 11) is 0. The maximum absolute atomic E-state index is 5.99. The van der Waals surface area contributed by atoms with E-state index in [0.29, 0.717) is 15.7 Å². The maximum atomic E-state index is 5.99. The second kappa shape index (κ2) is 5.50. The Bertz CT molecular complexity index is 553. The Morgan fingerprint density at radius 1 is 0.706 bits per heavy atom. The van der Waals surface area contributed by atoms with Crippen molar-refractivity contribution in [3.05, 3.63) is 57.5 Å². The van der Waals surface area contributed by atoms with Crippen LogP contribution >= 0.6 is 34.8 Å². The minimum atomic E-state index is 0.290. The van der Waals surface area contributed by atoms with Crippen molar-refractivity contribution in [1.82, 2.24) is 0 Å². The highest BCUT2D eigenvalue weighted by Crippen LogP contribution is 2.37. The third-order valence-electron chi connectivity index (χ3n) is 2.04. The lowest BCUT2D eigenvalue weighted by molar-refractivity contribution is 1.23. The zero-order chi connectivity index (χ0) is 12.3. The van der Waals surface area contributed by atoms with E-state index in [-0.39, 0.29) is 5.02 Å². The molecule has 0 aromatic heterocycles. The molecule has 0 N–H and O–H groups in total. The van der Waals surface area contributed by atoms with Crippen molar-refractivity contribution < 1.29 is 0 Å². The van der Waals surface area contributed by atoms with Gasteiger partial charge in [-0.1, -0.05) is 53.0 Å². The Labute approximate surface area is 114 Å². The summed E-state index contributed by atoms with van der Waals surface area (Å²) in [4.78, 5) is 0. The fourth-order valence-electron chi connectivity index (χ4n) is 1.20. The first-order chi connectivity index (χ1) is 8.18. The average Bonchev–Trinajstić information content (AvgIpc) is 2.36. The largest absolute Gasteiger partial charge is 0.151 e. The van der Waals surface area contributed by atoms with Crippen LogP contribution in [0.3, 0.4) is 0 Å². The van der Waals surface area contributed by atoms with Crippen molar-refractivity contribution in [2.24, 2.45) is 10.2 Å². The first-order valence-corrected chi connectivity index (χ1v) is 5.92. The lowest BCUT2D eigenvalue weighted by Gasteiger charge is -2.01. The van der Waals surface area contributed by atoms with Crippen molar-refractivity contribution in [2.75, 3.05) is 0 Å². The Morgan fingerprint density at radius 3 is 2.12 bits per heavy atom. The van der Waals surface area contributed by atoms with E-state index in [0.717, 1.165) is 5.69 Å². The fraction of sp³-hybridized carbons (Fsp3) is 0. The van der Waals surface area contributed by atoms with E-state index in [2.05, 4.69) is 10.2 Å². The van der Waals surface area contributed by atoms with Crippen LogP contribution in [0.15, 0.2) is 52.7 Å². The predicted molar refractivity (Wildman–Crippen MR) is 72.1 cm³/mol. The molecule has 0 fully saturated rings. The average molecular weight is 286 g/mol. The van der Waals surface area contributed by atoms with Gasteiger partial charge >= 0.3 is 0 Å². The second-order valence-electron chi connectivity index (χ2n) is 3.23. The number of hydrogen-bond donors (Lipinski definition) is 0. The van der Waals surface area contributed by atoms with E-state index in [1.165, 1.54) is 0 Å². The SMILES string of the molecule is Clc1ccc(N=Nc2ccccc2)c(Cl)c1Cl. The van der Waals surface area contributed by atoms with Gasteiger partial charge in [-0.25, -0.2) is 0 Å². The molecule has 0 amide bonds. The van der Waals surface area contributed by atoms with Crippen LogP contribution in [-0.4, -0.2) is 0 Å². The van der Waals surface area contributed by atoms with E-state index >= 15 is 0 Å². The molecule has 2 aromatic rings. The third kappa shape index (κ3) is 2.97. The summed E-state index contributed by atoms with van der Waals surface area (Å²) in [6.45, 7) is 0. The van der Waals surface area contributed by atoms with Gasteiger partial charge in [0, 0.05) is 0 Å². The Hall–Kier alpha value is -1.09. The molecule has 2 nitrogen and oxygen atoms in total. The van der Waals surface area contributed by atoms with E-state index in [1.807, 2.05) is 30.3 Å². The number of azo groups is 1. The van der Waals surface area contributed by atoms with Crippen LogP contribution in [-0.2, 0) is 0 Å². The summed E-state index contributed by atoms with van der Waals surface area (Å²) in [6, 6.07) is 12.7. The van der Waals surface area contributed by atoms with Gasteiger partial charge in [-0.2, -0.15) is 5.11 Å². The number of halogens is 3. The molecule has 0 aliphatic carbocycles. The first kappa shape index (κ1) is 12.4. The van der Waals surface area contributed by atoms with Crippen molar-refractivity contribution in [3.63, 3.8) is 0 Å². The normalized spacial score (nSPS) is 11.0. The molecular weight excluding hydrogens is 279 g/mol. The summed E-state index contributed by atoms with van der Waals surface area (Å²) in [5.74, 6) is 0. The van der Waals surface area contributed by atoms with Gasteiger partial charge in [0.25, 0.3) is 0 Å². The number of nitrogens with zero attached hydrogens (tertiary/aromatic N) is 2. The van der Waals surface area contributed by atoms with E-state index in [1.54, 1.807) is 12.1 Å². The standard InChI is InChI=1S/C12H7Cl3N2/c13-9-6-7-10(12(15)11(9)14)17-16-8-4-2-1-3-5-8/h1-7H. The Balaban J connectivity index is 2.31. The van der Waals surface area contributed by atoms with Crippen molar-refractivity contribution in [2.45, 2.75) is 0 Å². The summed E-state index contributed by atoms with van der Waals surface area (Å²) in [5.41, 5.74) is 1.24. The second-order valence-corrected chi connectivity index (χ2v) is 4.39. The molecule has 0 aliphatic heterocycles. The molecule has 0 saturated carbocycles. The molecule has 0 spiro atoms. The molecule has 0 radical (unpaired) electrons. The molecule has 0 unspecified atom stereocenters. The van der Waals surface area contributed by atoms with Gasteiger partial charge in [0.15, 0.2) is 0 Å². The highest BCUT2D eigenvalue weighted by atomic mass is 35.5. The van der Waals surface area contributed by atoms with E-state index in [4.69, 9.17) is 34.8 Å². The molecular formula is C12H7Cl3N2. The smallest absolute Gasteiger partial charge is 0.106 e. The Morgan fingerprint density at radius 2 is 1.41 bits per heavy atom. The number of benzene rings is 2. The van der Waals surface area contributed by atoms with Crippen molar-refractivity contribution in [1.29, 1.82) is 0 Å². The van der Waals surface area contributed by atoms with Crippen LogP contribution in [0, 0.1) is 0 Å². The van der Waals surface area contributed by atoms with Crippen LogP contribution in [0.4, 0.5) is 11.4 Å². The lowest BCUT2D eigenvalue weighted by atomic mass is 10.3. The van der Waals surface area contributed by atoms with Crippen molar-refractivity contribution >= 4 is 46.2 Å². The minimum absolute atomic E-state index is 0.290. The third-order valence-corrected chi connectivity index (χ3v) is 3.33. The number of rotatable bonds is 2. The molecule has 17 heavy (non-hydrogen) atoms. The molecule has 0 bridgehead atoms. The topological polar surface area (TPSA) is 24.7 Å². The van der Waals surface area contributed by atoms with Gasteiger partial charge in [0.2, 0.25) is 0 Å². The van der Waals surface area contributed by atoms with Gasteiger partial charge in [0.1, 0.15) is 5.69 Å². The van der Waals surface area contributed by atoms with Gasteiger partial charge in [0.05, 0.1) is 20.8 Å². The van der Waals surface area contributed by atoms with E-state index in [9.17, 15) is 0 Å². The number of hydrogen-bond acceptors (Lipinski definition) is 2. The molecule has 2 rings (SSSR count). The summed E-state index contributed by atoms with van der Waals surface area (Å²) >= 11 is 17.7. The maximum Gasteiger partial charge on any atom is 0.106 e. The first-order valence-electron chi connectivity index (χ1n) is 4.79. The highest BCUT2D eigenvalue weighted by molar-refractivity contribution is 6.49. The van der Waals surface area contributed by atoms with Crippen LogP contribution in [0.25, 0.3) is 0 Å². The van der Waals surface area contributed by atoms with Gasteiger partial charge in [-0.05, 0) is 24.3 Å². The molecule has 86 valence electrons. The molecule has 0 atom stereocenters. The van der Waals surface area contributed by atoms with Crippen LogP contribution < -0.4 is 0 Å². The molecule has 5 heteroatoms. The molecule has 2 aromatic carbocycles. The van der Waals surface area contributed by atoms with Crippen LogP contribution in [0.2, 0.25) is 15.1 Å². The van der Waals surface area contributed by atoms with E-state index < -0.39 is 0 Å². The molecule has 0 saturated heterocycles. The summed E-state index contributed by atoms with van der Waals surface area (Å²) in [5, 5.41) is 9.07. The molecule has 0 heterocycles.